The Hall–Kier alpha value is -1.75. The van der Waals surface area contributed by atoms with E-state index in [2.05, 4.69) is 14.5 Å². The first kappa shape index (κ1) is 8.55. The molecule has 0 aromatic carbocycles. The van der Waals surface area contributed by atoms with Gasteiger partial charge in [-0.05, 0) is 11.5 Å². The third-order valence-electron chi connectivity index (χ3n) is 2.30. The fourth-order valence-electron chi connectivity index (χ4n) is 1.58. The molecule has 0 aliphatic carbocycles. The van der Waals surface area contributed by atoms with Gasteiger partial charge in [0, 0.05) is 48.3 Å². The molecule has 0 saturated heterocycles. The van der Waals surface area contributed by atoms with Gasteiger partial charge in [-0.3, -0.25) is 9.67 Å². The number of aromatic nitrogens is 4. The van der Waals surface area contributed by atoms with E-state index in [1.165, 1.54) is 11.5 Å². The predicted molar refractivity (Wildman–Crippen MR) is 59.6 cm³/mol. The maximum absolute atomic E-state index is 4.20. The molecule has 0 fully saturated rings. The average Bonchev–Trinajstić information content (AvgIpc) is 2.84. The van der Waals surface area contributed by atoms with E-state index in [0.717, 1.165) is 21.2 Å². The minimum absolute atomic E-state index is 1.08. The summed E-state index contributed by atoms with van der Waals surface area (Å²) in [4.78, 5) is 4.20. The molecule has 0 bridgehead atoms. The van der Waals surface area contributed by atoms with Crippen LogP contribution in [0.4, 0.5) is 0 Å². The van der Waals surface area contributed by atoms with Crippen LogP contribution in [0.3, 0.4) is 0 Å². The van der Waals surface area contributed by atoms with E-state index >= 15 is 0 Å². The number of fused-ring (bicyclic) bond motifs is 1. The van der Waals surface area contributed by atoms with Crippen molar-refractivity contribution < 1.29 is 0 Å². The molecule has 4 nitrogen and oxygen atoms in total. The highest BCUT2D eigenvalue weighted by atomic mass is 32.1. The number of nitrogens with zero attached hydrogens (tertiary/aromatic N) is 4. The van der Waals surface area contributed by atoms with Crippen molar-refractivity contribution in [2.75, 3.05) is 0 Å². The summed E-state index contributed by atoms with van der Waals surface area (Å²) in [6.07, 6.45) is 9.40. The molecule has 0 aliphatic rings. The number of rotatable bonds is 1. The van der Waals surface area contributed by atoms with Gasteiger partial charge in [0.25, 0.3) is 0 Å². The normalized spacial score (nSPS) is 11.0. The van der Waals surface area contributed by atoms with Gasteiger partial charge in [-0.1, -0.05) is 0 Å². The first-order chi connectivity index (χ1) is 7.34. The lowest BCUT2D eigenvalue weighted by atomic mass is 10.1. The highest BCUT2D eigenvalue weighted by molar-refractivity contribution is 7.13. The number of aryl methyl sites for hydroxylation is 1. The van der Waals surface area contributed by atoms with Crippen molar-refractivity contribution in [1.29, 1.82) is 0 Å². The summed E-state index contributed by atoms with van der Waals surface area (Å²) in [6.45, 7) is 0. The molecule has 0 aliphatic heterocycles. The Bertz CT molecular complexity index is 610. The van der Waals surface area contributed by atoms with Crippen LogP contribution >= 0.6 is 11.5 Å². The summed E-state index contributed by atoms with van der Waals surface area (Å²) < 4.78 is 7.06. The largest absolute Gasteiger partial charge is 0.275 e. The SMILES string of the molecule is Cn1cc(-c2cncc3sncc23)cn1. The van der Waals surface area contributed by atoms with Crippen molar-refractivity contribution in [2.45, 2.75) is 0 Å². The lowest BCUT2D eigenvalue weighted by Gasteiger charge is -1.97. The van der Waals surface area contributed by atoms with Crippen LogP contribution in [-0.4, -0.2) is 19.1 Å². The molecule has 5 heteroatoms. The molecule has 0 saturated carbocycles. The molecular formula is C10H8N4S. The Balaban J connectivity index is 2.30. The third-order valence-corrected chi connectivity index (χ3v) is 3.03. The van der Waals surface area contributed by atoms with Gasteiger partial charge >= 0.3 is 0 Å². The fourth-order valence-corrected chi connectivity index (χ4v) is 2.22. The maximum Gasteiger partial charge on any atom is 0.0739 e. The molecule has 0 spiro atoms. The third kappa shape index (κ3) is 1.32. The second-order valence-corrected chi connectivity index (χ2v) is 4.16. The standard InChI is InChI=1S/C10H8N4S/c1-14-6-7(2-12-14)8-3-11-5-10-9(8)4-13-15-10/h2-6H,1H3. The zero-order valence-corrected chi connectivity index (χ0v) is 8.90. The van der Waals surface area contributed by atoms with Gasteiger partial charge in [0.1, 0.15) is 0 Å². The predicted octanol–water partition coefficient (Wildman–Crippen LogP) is 2.09. The van der Waals surface area contributed by atoms with Crippen molar-refractivity contribution in [3.8, 4) is 11.1 Å². The molecule has 3 aromatic rings. The first-order valence-electron chi connectivity index (χ1n) is 4.52. The highest BCUT2D eigenvalue weighted by Gasteiger charge is 2.07. The van der Waals surface area contributed by atoms with Crippen LogP contribution in [0, 0.1) is 0 Å². The smallest absolute Gasteiger partial charge is 0.0739 e. The van der Waals surface area contributed by atoms with Gasteiger partial charge in [0.15, 0.2) is 0 Å². The molecule has 0 amide bonds. The van der Waals surface area contributed by atoms with Gasteiger partial charge in [-0.25, -0.2) is 0 Å². The van der Waals surface area contributed by atoms with E-state index in [0.29, 0.717) is 0 Å². The van der Waals surface area contributed by atoms with Gasteiger partial charge in [0.05, 0.1) is 10.9 Å². The summed E-state index contributed by atoms with van der Waals surface area (Å²) in [5.41, 5.74) is 2.17. The second-order valence-electron chi connectivity index (χ2n) is 3.33. The summed E-state index contributed by atoms with van der Waals surface area (Å²) in [7, 11) is 1.91. The van der Waals surface area contributed by atoms with Crippen LogP contribution < -0.4 is 0 Å². The van der Waals surface area contributed by atoms with E-state index in [1.54, 1.807) is 4.68 Å². The Morgan fingerprint density at radius 3 is 2.93 bits per heavy atom. The number of pyridine rings is 1. The van der Waals surface area contributed by atoms with Crippen LogP contribution in [0.1, 0.15) is 0 Å². The molecule has 3 aromatic heterocycles. The summed E-state index contributed by atoms with van der Waals surface area (Å²) in [5.74, 6) is 0. The first-order valence-corrected chi connectivity index (χ1v) is 5.29. The minimum Gasteiger partial charge on any atom is -0.275 e. The Kier molecular flexibility index (Phi) is 1.78. The zero-order valence-electron chi connectivity index (χ0n) is 8.08. The summed E-state index contributed by atoms with van der Waals surface area (Å²) in [5, 5.41) is 5.30. The zero-order chi connectivity index (χ0) is 10.3. The van der Waals surface area contributed by atoms with Crippen molar-refractivity contribution in [1.82, 2.24) is 19.1 Å². The van der Waals surface area contributed by atoms with Gasteiger partial charge < -0.3 is 0 Å². The highest BCUT2D eigenvalue weighted by Crippen LogP contribution is 2.28. The van der Waals surface area contributed by atoms with E-state index in [9.17, 15) is 0 Å². The topological polar surface area (TPSA) is 43.6 Å². The fraction of sp³-hybridized carbons (Fsp3) is 0.100. The van der Waals surface area contributed by atoms with Gasteiger partial charge in [0.2, 0.25) is 0 Å². The Morgan fingerprint density at radius 2 is 2.13 bits per heavy atom. The molecule has 0 radical (unpaired) electrons. The maximum atomic E-state index is 4.20. The van der Waals surface area contributed by atoms with Crippen molar-refractivity contribution in [3.63, 3.8) is 0 Å². The molecule has 3 rings (SSSR count). The van der Waals surface area contributed by atoms with E-state index in [-0.39, 0.29) is 0 Å². The van der Waals surface area contributed by atoms with Crippen molar-refractivity contribution in [2.24, 2.45) is 7.05 Å². The van der Waals surface area contributed by atoms with Gasteiger partial charge in [-0.2, -0.15) is 9.47 Å². The molecule has 0 unspecified atom stereocenters. The van der Waals surface area contributed by atoms with E-state index < -0.39 is 0 Å². The number of hydrogen-bond acceptors (Lipinski definition) is 4. The average molecular weight is 216 g/mol. The van der Waals surface area contributed by atoms with Crippen LogP contribution in [0.25, 0.3) is 21.2 Å². The minimum atomic E-state index is 1.08. The Labute approximate surface area is 90.4 Å². The van der Waals surface area contributed by atoms with Crippen LogP contribution in [0.5, 0.6) is 0 Å². The number of hydrogen-bond donors (Lipinski definition) is 0. The summed E-state index contributed by atoms with van der Waals surface area (Å²) in [6, 6.07) is 0. The lowest BCUT2D eigenvalue weighted by Crippen LogP contribution is -1.84. The lowest BCUT2D eigenvalue weighted by molar-refractivity contribution is 0.768. The molecular weight excluding hydrogens is 208 g/mol. The Morgan fingerprint density at radius 1 is 1.20 bits per heavy atom. The molecule has 3 heterocycles. The molecule has 15 heavy (non-hydrogen) atoms. The second kappa shape index (κ2) is 3.13. The molecule has 0 N–H and O–H groups in total. The van der Waals surface area contributed by atoms with E-state index in [4.69, 9.17) is 0 Å². The van der Waals surface area contributed by atoms with Crippen LogP contribution in [0.2, 0.25) is 0 Å². The van der Waals surface area contributed by atoms with E-state index in [1.807, 2.05) is 38.0 Å². The van der Waals surface area contributed by atoms with Crippen molar-refractivity contribution in [3.05, 3.63) is 31.0 Å². The van der Waals surface area contributed by atoms with Crippen LogP contribution in [-0.2, 0) is 7.05 Å². The monoisotopic (exact) mass is 216 g/mol. The molecule has 74 valence electrons. The summed E-state index contributed by atoms with van der Waals surface area (Å²) >= 11 is 1.46. The van der Waals surface area contributed by atoms with Gasteiger partial charge in [-0.15, -0.1) is 0 Å². The van der Waals surface area contributed by atoms with Crippen LogP contribution in [0.15, 0.2) is 31.0 Å². The molecule has 0 atom stereocenters. The quantitative estimate of drug-likeness (QED) is 0.625. The van der Waals surface area contributed by atoms with Crippen molar-refractivity contribution >= 4 is 21.6 Å².